The number of hydrogen-bond acceptors (Lipinski definition) is 5. The molecule has 3 aromatic rings. The number of benzene rings is 2. The van der Waals surface area contributed by atoms with E-state index in [1.807, 2.05) is 6.07 Å². The number of ether oxygens (including phenoxy) is 1. The van der Waals surface area contributed by atoms with Crippen LogP contribution in [-0.2, 0) is 6.61 Å². The lowest BCUT2D eigenvalue weighted by atomic mass is 10.0. The van der Waals surface area contributed by atoms with Gasteiger partial charge in [-0.15, -0.1) is 0 Å². The molecular weight excluding hydrogens is 384 g/mol. The predicted molar refractivity (Wildman–Crippen MR) is 111 cm³/mol. The number of carbonyl (C=O) groups excluding carboxylic acids is 3. The van der Waals surface area contributed by atoms with E-state index in [1.54, 1.807) is 37.3 Å². The Morgan fingerprint density at radius 1 is 0.967 bits per heavy atom. The van der Waals surface area contributed by atoms with Gasteiger partial charge in [-0.1, -0.05) is 12.1 Å². The third-order valence-electron chi connectivity index (χ3n) is 4.34. The molecule has 0 bridgehead atoms. The fourth-order valence-electron chi connectivity index (χ4n) is 2.82. The molecule has 1 heterocycles. The Hall–Kier alpha value is -4.20. The molecule has 3 amide bonds. The Morgan fingerprint density at radius 3 is 2.47 bits per heavy atom. The summed E-state index contributed by atoms with van der Waals surface area (Å²) in [5.74, 6) is -1.03. The van der Waals surface area contributed by atoms with Gasteiger partial charge in [0.1, 0.15) is 12.4 Å². The first kappa shape index (κ1) is 20.5. The number of anilines is 1. The van der Waals surface area contributed by atoms with Crippen molar-refractivity contribution in [2.24, 2.45) is 11.5 Å². The molecule has 0 spiro atoms. The summed E-state index contributed by atoms with van der Waals surface area (Å²) in [5.41, 5.74) is 13.6. The number of nitrogens with zero attached hydrogens (tertiary/aromatic N) is 1. The van der Waals surface area contributed by atoms with Crippen LogP contribution in [0.3, 0.4) is 0 Å². The van der Waals surface area contributed by atoms with E-state index in [-0.39, 0.29) is 18.1 Å². The van der Waals surface area contributed by atoms with E-state index >= 15 is 0 Å². The predicted octanol–water partition coefficient (Wildman–Crippen LogP) is 2.42. The lowest BCUT2D eigenvalue weighted by molar-refractivity contribution is 0.0990. The number of hydrogen-bond donors (Lipinski definition) is 3. The highest BCUT2D eigenvalue weighted by molar-refractivity contribution is 6.05. The largest absolute Gasteiger partial charge is 0.487 e. The Balaban J connectivity index is 1.67. The van der Waals surface area contributed by atoms with Crippen LogP contribution in [0.15, 0.2) is 60.9 Å². The van der Waals surface area contributed by atoms with Gasteiger partial charge >= 0.3 is 0 Å². The summed E-state index contributed by atoms with van der Waals surface area (Å²) in [4.78, 5) is 39.0. The van der Waals surface area contributed by atoms with Gasteiger partial charge in [-0.25, -0.2) is 0 Å². The minimum Gasteiger partial charge on any atom is -0.487 e. The molecule has 30 heavy (non-hydrogen) atoms. The average Bonchev–Trinajstić information content (AvgIpc) is 2.72. The molecule has 0 aliphatic heterocycles. The molecule has 1 aromatic heterocycles. The SMILES string of the molecule is Cc1cc(C(=O)Nc2cccc(COc3cncc(C(N)=O)c3)c2)ccc1C(N)=O. The Morgan fingerprint density at radius 2 is 1.77 bits per heavy atom. The van der Waals surface area contributed by atoms with E-state index in [9.17, 15) is 14.4 Å². The van der Waals surface area contributed by atoms with Gasteiger partial charge in [0.25, 0.3) is 5.91 Å². The van der Waals surface area contributed by atoms with Gasteiger partial charge in [-0.3, -0.25) is 19.4 Å². The van der Waals surface area contributed by atoms with Crippen molar-refractivity contribution in [2.75, 3.05) is 5.32 Å². The lowest BCUT2D eigenvalue weighted by Crippen LogP contribution is -2.15. The second-order valence-electron chi connectivity index (χ2n) is 6.61. The van der Waals surface area contributed by atoms with Crippen LogP contribution in [0.4, 0.5) is 5.69 Å². The highest BCUT2D eigenvalue weighted by Gasteiger charge is 2.11. The second-order valence-corrected chi connectivity index (χ2v) is 6.61. The Kier molecular flexibility index (Phi) is 6.07. The van der Waals surface area contributed by atoms with Gasteiger partial charge in [0.15, 0.2) is 0 Å². The standard InChI is InChI=1S/C22H20N4O4/c1-13-7-15(5-6-19(13)21(24)28)22(29)26-17-4-2-3-14(8-17)12-30-18-9-16(20(23)27)10-25-11-18/h2-11H,12H2,1H3,(H2,23,27)(H2,24,28)(H,26,29). The molecule has 0 aliphatic carbocycles. The topological polar surface area (TPSA) is 137 Å². The van der Waals surface area contributed by atoms with Gasteiger partial charge in [-0.2, -0.15) is 0 Å². The number of nitrogens with two attached hydrogens (primary N) is 2. The fourth-order valence-corrected chi connectivity index (χ4v) is 2.82. The zero-order chi connectivity index (χ0) is 21.7. The van der Waals surface area contributed by atoms with E-state index < -0.39 is 11.8 Å². The van der Waals surface area contributed by atoms with E-state index in [1.165, 1.54) is 24.5 Å². The lowest BCUT2D eigenvalue weighted by Gasteiger charge is -2.10. The normalized spacial score (nSPS) is 10.3. The first-order valence-corrected chi connectivity index (χ1v) is 9.02. The number of primary amides is 2. The zero-order valence-electron chi connectivity index (χ0n) is 16.2. The summed E-state index contributed by atoms with van der Waals surface area (Å²) < 4.78 is 5.65. The molecule has 8 nitrogen and oxygen atoms in total. The maximum Gasteiger partial charge on any atom is 0.255 e. The summed E-state index contributed by atoms with van der Waals surface area (Å²) in [5, 5.41) is 2.81. The molecular formula is C22H20N4O4. The maximum absolute atomic E-state index is 12.5. The molecule has 0 aliphatic rings. The molecule has 0 saturated carbocycles. The Bertz CT molecular complexity index is 1130. The number of aryl methyl sites for hydroxylation is 1. The summed E-state index contributed by atoms with van der Waals surface area (Å²) in [6.07, 6.45) is 2.85. The monoisotopic (exact) mass is 404 g/mol. The van der Waals surface area contributed by atoms with Crippen LogP contribution >= 0.6 is 0 Å². The van der Waals surface area contributed by atoms with Crippen molar-refractivity contribution in [3.63, 3.8) is 0 Å². The van der Waals surface area contributed by atoms with Gasteiger partial charge in [-0.05, 0) is 54.4 Å². The van der Waals surface area contributed by atoms with Crippen molar-refractivity contribution < 1.29 is 19.1 Å². The van der Waals surface area contributed by atoms with E-state index in [0.717, 1.165) is 5.56 Å². The van der Waals surface area contributed by atoms with Gasteiger partial charge in [0.05, 0.1) is 11.8 Å². The van der Waals surface area contributed by atoms with Crippen LogP contribution in [0.2, 0.25) is 0 Å². The van der Waals surface area contributed by atoms with Crippen molar-refractivity contribution in [1.82, 2.24) is 4.98 Å². The third-order valence-corrected chi connectivity index (χ3v) is 4.34. The van der Waals surface area contributed by atoms with Gasteiger partial charge < -0.3 is 21.5 Å². The van der Waals surface area contributed by atoms with Crippen LogP contribution in [0.5, 0.6) is 5.75 Å². The van der Waals surface area contributed by atoms with Crippen LogP contribution < -0.4 is 21.5 Å². The molecule has 0 atom stereocenters. The molecule has 152 valence electrons. The number of carbonyl (C=O) groups is 3. The van der Waals surface area contributed by atoms with E-state index in [0.29, 0.717) is 28.1 Å². The smallest absolute Gasteiger partial charge is 0.255 e. The number of pyridine rings is 1. The first-order valence-electron chi connectivity index (χ1n) is 9.02. The molecule has 0 radical (unpaired) electrons. The summed E-state index contributed by atoms with van der Waals surface area (Å²) in [6.45, 7) is 1.93. The van der Waals surface area contributed by atoms with Crippen LogP contribution in [0.25, 0.3) is 0 Å². The highest BCUT2D eigenvalue weighted by atomic mass is 16.5. The number of nitrogens with one attached hydrogen (secondary N) is 1. The van der Waals surface area contributed by atoms with Crippen LogP contribution in [0, 0.1) is 6.92 Å². The number of aromatic nitrogens is 1. The Labute approximate surface area is 172 Å². The second kappa shape index (κ2) is 8.87. The molecule has 2 aromatic carbocycles. The third kappa shape index (κ3) is 4.99. The van der Waals surface area contributed by atoms with Gasteiger partial charge in [0.2, 0.25) is 11.8 Å². The summed E-state index contributed by atoms with van der Waals surface area (Å²) in [6, 6.07) is 13.4. The minimum absolute atomic E-state index is 0.208. The molecule has 0 fully saturated rings. The minimum atomic E-state index is -0.586. The zero-order valence-corrected chi connectivity index (χ0v) is 16.2. The van der Waals surface area contributed by atoms with Crippen LogP contribution in [-0.4, -0.2) is 22.7 Å². The quantitative estimate of drug-likeness (QED) is 0.555. The van der Waals surface area contributed by atoms with Crippen molar-refractivity contribution in [3.8, 4) is 5.75 Å². The van der Waals surface area contributed by atoms with Crippen molar-refractivity contribution in [1.29, 1.82) is 0 Å². The highest BCUT2D eigenvalue weighted by Crippen LogP contribution is 2.17. The number of amides is 3. The molecule has 0 unspecified atom stereocenters. The van der Waals surface area contributed by atoms with E-state index in [2.05, 4.69) is 10.3 Å². The van der Waals surface area contributed by atoms with Crippen molar-refractivity contribution in [2.45, 2.75) is 13.5 Å². The fraction of sp³-hybridized carbons (Fsp3) is 0.0909. The van der Waals surface area contributed by atoms with E-state index in [4.69, 9.17) is 16.2 Å². The summed E-state index contributed by atoms with van der Waals surface area (Å²) >= 11 is 0. The molecule has 5 N–H and O–H groups in total. The van der Waals surface area contributed by atoms with Crippen molar-refractivity contribution in [3.05, 3.63) is 88.7 Å². The molecule has 8 heteroatoms. The number of rotatable bonds is 7. The first-order chi connectivity index (χ1) is 14.3. The maximum atomic E-state index is 12.5. The molecule has 0 saturated heterocycles. The van der Waals surface area contributed by atoms with Crippen LogP contribution in [0.1, 0.15) is 42.2 Å². The summed E-state index contributed by atoms with van der Waals surface area (Å²) in [7, 11) is 0. The average molecular weight is 404 g/mol. The van der Waals surface area contributed by atoms with Crippen molar-refractivity contribution >= 4 is 23.4 Å². The molecule has 3 rings (SSSR count). The van der Waals surface area contributed by atoms with Gasteiger partial charge in [0, 0.05) is 23.0 Å².